The Hall–Kier alpha value is -1.02. The summed E-state index contributed by atoms with van der Waals surface area (Å²) in [6, 6.07) is 10.7. The van der Waals surface area contributed by atoms with E-state index >= 15 is 0 Å². The van der Waals surface area contributed by atoms with Gasteiger partial charge in [0.2, 0.25) is 0 Å². The molecular weight excluding hydrogens is 196 g/mol. The van der Waals surface area contributed by atoms with E-state index in [9.17, 15) is 0 Å². The zero-order chi connectivity index (χ0) is 11.4. The van der Waals surface area contributed by atoms with E-state index < -0.39 is 0 Å². The first-order valence-electron chi connectivity index (χ1n) is 6.32. The fourth-order valence-electron chi connectivity index (χ4n) is 2.27. The van der Waals surface area contributed by atoms with Crippen LogP contribution in [0.15, 0.2) is 30.3 Å². The number of nitrogens with zero attached hydrogens (tertiary/aromatic N) is 1. The lowest BCUT2D eigenvalue weighted by atomic mass is 9.88. The third kappa shape index (κ3) is 2.56. The summed E-state index contributed by atoms with van der Waals surface area (Å²) in [5.74, 6) is 1.65. The average molecular weight is 218 g/mol. The number of rotatable bonds is 5. The summed E-state index contributed by atoms with van der Waals surface area (Å²) in [7, 11) is 0. The quantitative estimate of drug-likeness (QED) is 0.816. The van der Waals surface area contributed by atoms with Gasteiger partial charge in [-0.15, -0.1) is 0 Å². The topological polar surface area (TPSA) is 15.3 Å². The minimum absolute atomic E-state index is 0.779. The van der Waals surface area contributed by atoms with E-state index in [2.05, 4.69) is 54.4 Å². The molecule has 0 bridgehead atoms. The molecule has 1 heterocycles. The maximum absolute atomic E-state index is 3.35. The first-order valence-corrected chi connectivity index (χ1v) is 6.32. The molecule has 0 radical (unpaired) electrons. The molecule has 0 aliphatic carbocycles. The van der Waals surface area contributed by atoms with Gasteiger partial charge >= 0.3 is 0 Å². The molecular formula is C14H22N2. The van der Waals surface area contributed by atoms with Gasteiger partial charge in [-0.2, -0.15) is 0 Å². The smallest absolute Gasteiger partial charge is 0.0366 e. The van der Waals surface area contributed by atoms with Gasteiger partial charge in [0.25, 0.3) is 0 Å². The second-order valence-electron chi connectivity index (χ2n) is 4.77. The van der Waals surface area contributed by atoms with Crippen LogP contribution in [0.3, 0.4) is 0 Å². The molecule has 0 aromatic heterocycles. The van der Waals surface area contributed by atoms with E-state index in [1.165, 1.54) is 25.3 Å². The molecule has 1 atom stereocenters. The van der Waals surface area contributed by atoms with Crippen molar-refractivity contribution in [3.63, 3.8) is 0 Å². The third-order valence-electron chi connectivity index (χ3n) is 3.63. The van der Waals surface area contributed by atoms with Gasteiger partial charge in [-0.05, 0) is 44.0 Å². The zero-order valence-corrected chi connectivity index (χ0v) is 10.3. The number of benzene rings is 1. The molecule has 1 unspecified atom stereocenters. The Balaban J connectivity index is 1.94. The van der Waals surface area contributed by atoms with Gasteiger partial charge in [-0.1, -0.05) is 25.1 Å². The molecule has 2 rings (SSSR count). The molecule has 1 fully saturated rings. The molecule has 1 aromatic carbocycles. The van der Waals surface area contributed by atoms with Crippen LogP contribution < -0.4 is 10.2 Å². The molecule has 1 aliphatic rings. The van der Waals surface area contributed by atoms with Crippen LogP contribution in [0.1, 0.15) is 13.8 Å². The predicted molar refractivity (Wildman–Crippen MR) is 69.9 cm³/mol. The summed E-state index contributed by atoms with van der Waals surface area (Å²) in [5.41, 5.74) is 1.35. The van der Waals surface area contributed by atoms with Crippen molar-refractivity contribution in [2.24, 2.45) is 11.8 Å². The molecule has 16 heavy (non-hydrogen) atoms. The highest BCUT2D eigenvalue weighted by atomic mass is 15.1. The highest BCUT2D eigenvalue weighted by Crippen LogP contribution is 2.20. The zero-order valence-electron chi connectivity index (χ0n) is 10.3. The molecule has 0 amide bonds. The summed E-state index contributed by atoms with van der Waals surface area (Å²) < 4.78 is 0. The summed E-state index contributed by atoms with van der Waals surface area (Å²) >= 11 is 0. The standard InChI is InChI=1S/C14H22N2/c1-3-16(14-7-5-4-6-8-14)11-12(2)13-9-15-10-13/h4-8,12-13,15H,3,9-11H2,1-2H3. The fraction of sp³-hybridized carbons (Fsp3) is 0.571. The lowest BCUT2D eigenvalue weighted by Gasteiger charge is -2.36. The summed E-state index contributed by atoms with van der Waals surface area (Å²) in [6.45, 7) is 9.28. The number of anilines is 1. The van der Waals surface area contributed by atoms with E-state index in [1.807, 2.05) is 0 Å². The molecule has 2 nitrogen and oxygen atoms in total. The number of hydrogen-bond acceptors (Lipinski definition) is 2. The van der Waals surface area contributed by atoms with Crippen molar-refractivity contribution in [3.05, 3.63) is 30.3 Å². The van der Waals surface area contributed by atoms with Crippen LogP contribution in [0, 0.1) is 11.8 Å². The second kappa shape index (κ2) is 5.35. The number of nitrogens with one attached hydrogen (secondary N) is 1. The Kier molecular flexibility index (Phi) is 3.83. The number of hydrogen-bond donors (Lipinski definition) is 1. The van der Waals surface area contributed by atoms with Crippen LogP contribution in [0.5, 0.6) is 0 Å². The first-order chi connectivity index (χ1) is 7.81. The maximum Gasteiger partial charge on any atom is 0.0366 e. The van der Waals surface area contributed by atoms with E-state index in [1.54, 1.807) is 0 Å². The van der Waals surface area contributed by atoms with E-state index in [4.69, 9.17) is 0 Å². The Morgan fingerprint density at radius 1 is 1.31 bits per heavy atom. The van der Waals surface area contributed by atoms with Crippen LogP contribution in [-0.2, 0) is 0 Å². The van der Waals surface area contributed by atoms with Crippen molar-refractivity contribution in [1.82, 2.24) is 5.32 Å². The fourth-order valence-corrected chi connectivity index (χ4v) is 2.27. The monoisotopic (exact) mass is 218 g/mol. The minimum atomic E-state index is 0.779. The highest BCUT2D eigenvalue weighted by molar-refractivity contribution is 5.45. The lowest BCUT2D eigenvalue weighted by Crippen LogP contribution is -2.48. The Morgan fingerprint density at radius 3 is 2.50 bits per heavy atom. The van der Waals surface area contributed by atoms with Gasteiger partial charge in [0.1, 0.15) is 0 Å². The number of para-hydroxylation sites is 1. The van der Waals surface area contributed by atoms with Gasteiger partial charge in [0, 0.05) is 18.8 Å². The highest BCUT2D eigenvalue weighted by Gasteiger charge is 2.24. The maximum atomic E-state index is 3.35. The van der Waals surface area contributed by atoms with E-state index in [-0.39, 0.29) is 0 Å². The van der Waals surface area contributed by atoms with Gasteiger partial charge in [-0.3, -0.25) is 0 Å². The Labute approximate surface area is 98.7 Å². The normalized spacial score (nSPS) is 17.9. The molecule has 1 aromatic rings. The van der Waals surface area contributed by atoms with E-state index in [0.29, 0.717) is 0 Å². The summed E-state index contributed by atoms with van der Waals surface area (Å²) in [4.78, 5) is 2.48. The van der Waals surface area contributed by atoms with Gasteiger partial charge in [-0.25, -0.2) is 0 Å². The largest absolute Gasteiger partial charge is 0.372 e. The second-order valence-corrected chi connectivity index (χ2v) is 4.77. The molecule has 0 saturated carbocycles. The van der Waals surface area contributed by atoms with Crippen molar-refractivity contribution >= 4 is 5.69 Å². The molecule has 0 spiro atoms. The van der Waals surface area contributed by atoms with Crippen LogP contribution in [0.2, 0.25) is 0 Å². The molecule has 88 valence electrons. The molecule has 1 aliphatic heterocycles. The average Bonchev–Trinajstić information content (AvgIpc) is 2.24. The summed E-state index contributed by atoms with van der Waals surface area (Å²) in [6.07, 6.45) is 0. The minimum Gasteiger partial charge on any atom is -0.372 e. The molecule has 1 saturated heterocycles. The summed E-state index contributed by atoms with van der Waals surface area (Å²) in [5, 5.41) is 3.35. The molecule has 2 heteroatoms. The molecule has 1 N–H and O–H groups in total. The van der Waals surface area contributed by atoms with Gasteiger partial charge in [0.05, 0.1) is 0 Å². The first kappa shape index (κ1) is 11.5. The SMILES string of the molecule is CCN(CC(C)C1CNC1)c1ccccc1. The van der Waals surface area contributed by atoms with Crippen molar-refractivity contribution < 1.29 is 0 Å². The van der Waals surface area contributed by atoms with Crippen molar-refractivity contribution in [3.8, 4) is 0 Å². The van der Waals surface area contributed by atoms with Crippen molar-refractivity contribution in [2.75, 3.05) is 31.1 Å². The van der Waals surface area contributed by atoms with Gasteiger partial charge < -0.3 is 10.2 Å². The van der Waals surface area contributed by atoms with Crippen LogP contribution >= 0.6 is 0 Å². The van der Waals surface area contributed by atoms with Crippen LogP contribution in [0.25, 0.3) is 0 Å². The van der Waals surface area contributed by atoms with Crippen LogP contribution in [0.4, 0.5) is 5.69 Å². The lowest BCUT2D eigenvalue weighted by molar-refractivity contribution is 0.251. The predicted octanol–water partition coefficient (Wildman–Crippen LogP) is 2.37. The van der Waals surface area contributed by atoms with Crippen molar-refractivity contribution in [2.45, 2.75) is 13.8 Å². The van der Waals surface area contributed by atoms with E-state index in [0.717, 1.165) is 18.4 Å². The Bertz CT molecular complexity index is 306. The third-order valence-corrected chi connectivity index (χ3v) is 3.63. The Morgan fingerprint density at radius 2 is 2.00 bits per heavy atom. The van der Waals surface area contributed by atoms with Crippen molar-refractivity contribution in [1.29, 1.82) is 0 Å². The van der Waals surface area contributed by atoms with Gasteiger partial charge in [0.15, 0.2) is 0 Å². The van der Waals surface area contributed by atoms with Crippen LogP contribution in [-0.4, -0.2) is 26.2 Å².